The van der Waals surface area contributed by atoms with Crippen molar-refractivity contribution in [3.8, 4) is 0 Å². The molecule has 1 aromatic rings. The van der Waals surface area contributed by atoms with E-state index in [1.165, 1.54) is 7.11 Å². The molecule has 0 heterocycles. The number of anilines is 1. The maximum Gasteiger partial charge on any atom is 0.274 e. The van der Waals surface area contributed by atoms with Gasteiger partial charge in [-0.3, -0.25) is 9.63 Å². The van der Waals surface area contributed by atoms with Crippen LogP contribution >= 0.6 is 0 Å². The predicted octanol–water partition coefficient (Wildman–Crippen LogP) is 0.868. The lowest BCUT2D eigenvalue weighted by atomic mass is 10.1. The molecule has 1 amide bonds. The molecule has 0 atom stereocenters. The fraction of sp³-hybridized carbons (Fsp3) is 0.222. The topological polar surface area (TPSA) is 64.3 Å². The van der Waals surface area contributed by atoms with Crippen molar-refractivity contribution in [3.63, 3.8) is 0 Å². The van der Waals surface area contributed by atoms with Crippen molar-refractivity contribution in [3.05, 3.63) is 29.3 Å². The van der Waals surface area contributed by atoms with Crippen molar-refractivity contribution in [1.29, 1.82) is 0 Å². The van der Waals surface area contributed by atoms with Gasteiger partial charge >= 0.3 is 0 Å². The summed E-state index contributed by atoms with van der Waals surface area (Å²) < 4.78 is 0. The van der Waals surface area contributed by atoms with Gasteiger partial charge in [-0.15, -0.1) is 0 Å². The normalized spacial score (nSPS) is 9.69. The number of hydroxylamine groups is 1. The van der Waals surface area contributed by atoms with Crippen LogP contribution in [0.2, 0.25) is 0 Å². The Hall–Kier alpha value is -1.55. The van der Waals surface area contributed by atoms with Crippen LogP contribution in [0.5, 0.6) is 0 Å². The summed E-state index contributed by atoms with van der Waals surface area (Å²) in [6.45, 7) is 1.88. The average molecular weight is 180 g/mol. The van der Waals surface area contributed by atoms with Crippen LogP contribution in [0.1, 0.15) is 15.9 Å². The molecule has 3 N–H and O–H groups in total. The zero-order chi connectivity index (χ0) is 9.84. The van der Waals surface area contributed by atoms with E-state index in [-0.39, 0.29) is 5.91 Å². The van der Waals surface area contributed by atoms with Crippen LogP contribution in [-0.4, -0.2) is 13.0 Å². The molecule has 0 aliphatic carbocycles. The molecule has 0 fully saturated rings. The van der Waals surface area contributed by atoms with Crippen molar-refractivity contribution < 1.29 is 9.63 Å². The zero-order valence-electron chi connectivity index (χ0n) is 7.63. The van der Waals surface area contributed by atoms with E-state index in [2.05, 4.69) is 10.3 Å². The first-order chi connectivity index (χ1) is 6.15. The third-order valence-corrected chi connectivity index (χ3v) is 1.74. The van der Waals surface area contributed by atoms with E-state index >= 15 is 0 Å². The Bertz CT molecular complexity index is 323. The molecule has 0 saturated carbocycles. The molecular weight excluding hydrogens is 168 g/mol. The van der Waals surface area contributed by atoms with E-state index in [4.69, 9.17) is 5.73 Å². The number of nitrogens with two attached hydrogens (primary N) is 1. The highest BCUT2D eigenvalue weighted by molar-refractivity contribution is 5.94. The minimum atomic E-state index is -0.297. The molecule has 0 aliphatic rings. The SMILES string of the molecule is CONC(=O)c1ccc(C)c(N)c1. The highest BCUT2D eigenvalue weighted by Gasteiger charge is 2.05. The van der Waals surface area contributed by atoms with E-state index in [0.29, 0.717) is 11.3 Å². The number of benzene rings is 1. The van der Waals surface area contributed by atoms with Crippen molar-refractivity contribution in [2.75, 3.05) is 12.8 Å². The molecule has 0 radical (unpaired) electrons. The Morgan fingerprint density at radius 3 is 2.77 bits per heavy atom. The number of aryl methyl sites for hydroxylation is 1. The van der Waals surface area contributed by atoms with Crippen molar-refractivity contribution >= 4 is 11.6 Å². The van der Waals surface area contributed by atoms with Gasteiger partial charge in [-0.1, -0.05) is 6.07 Å². The molecule has 0 aliphatic heterocycles. The highest BCUT2D eigenvalue weighted by atomic mass is 16.6. The monoisotopic (exact) mass is 180 g/mol. The summed E-state index contributed by atoms with van der Waals surface area (Å²) in [6.07, 6.45) is 0. The summed E-state index contributed by atoms with van der Waals surface area (Å²) in [6, 6.07) is 5.10. The van der Waals surface area contributed by atoms with Crippen LogP contribution < -0.4 is 11.2 Å². The number of nitrogens with one attached hydrogen (secondary N) is 1. The van der Waals surface area contributed by atoms with Gasteiger partial charge in [0.25, 0.3) is 5.91 Å². The molecule has 0 bridgehead atoms. The maximum absolute atomic E-state index is 11.2. The highest BCUT2D eigenvalue weighted by Crippen LogP contribution is 2.12. The quantitative estimate of drug-likeness (QED) is 0.524. The van der Waals surface area contributed by atoms with Crippen LogP contribution in [0.15, 0.2) is 18.2 Å². The summed E-state index contributed by atoms with van der Waals surface area (Å²) in [5.41, 5.74) is 9.89. The van der Waals surface area contributed by atoms with Crippen LogP contribution in [0, 0.1) is 6.92 Å². The Labute approximate surface area is 76.6 Å². The zero-order valence-corrected chi connectivity index (χ0v) is 7.63. The lowest BCUT2D eigenvalue weighted by Crippen LogP contribution is -2.21. The number of hydrogen-bond acceptors (Lipinski definition) is 3. The fourth-order valence-electron chi connectivity index (χ4n) is 0.933. The van der Waals surface area contributed by atoms with E-state index < -0.39 is 0 Å². The van der Waals surface area contributed by atoms with Crippen molar-refractivity contribution in [2.45, 2.75) is 6.92 Å². The van der Waals surface area contributed by atoms with Gasteiger partial charge in [0.15, 0.2) is 0 Å². The standard InChI is InChI=1S/C9H12N2O2/c1-6-3-4-7(5-8(6)10)9(12)11-13-2/h3-5H,10H2,1-2H3,(H,11,12). The van der Waals surface area contributed by atoms with Crippen LogP contribution in [-0.2, 0) is 4.84 Å². The smallest absolute Gasteiger partial charge is 0.274 e. The Morgan fingerprint density at radius 2 is 2.23 bits per heavy atom. The van der Waals surface area contributed by atoms with Gasteiger partial charge in [0.2, 0.25) is 0 Å². The summed E-state index contributed by atoms with van der Waals surface area (Å²) in [7, 11) is 1.38. The largest absolute Gasteiger partial charge is 0.398 e. The first-order valence-corrected chi connectivity index (χ1v) is 3.84. The van der Waals surface area contributed by atoms with E-state index in [1.807, 2.05) is 6.92 Å². The summed E-state index contributed by atoms with van der Waals surface area (Å²) in [5.74, 6) is -0.297. The molecule has 4 heteroatoms. The summed E-state index contributed by atoms with van der Waals surface area (Å²) in [4.78, 5) is 15.7. The number of rotatable bonds is 2. The molecule has 0 spiro atoms. The minimum Gasteiger partial charge on any atom is -0.398 e. The molecule has 1 rings (SSSR count). The number of carbonyl (C=O) groups excluding carboxylic acids is 1. The van der Waals surface area contributed by atoms with Gasteiger partial charge < -0.3 is 5.73 Å². The van der Waals surface area contributed by atoms with Gasteiger partial charge in [0.1, 0.15) is 0 Å². The number of amides is 1. The first kappa shape index (κ1) is 9.54. The third kappa shape index (κ3) is 2.19. The Morgan fingerprint density at radius 1 is 1.54 bits per heavy atom. The van der Waals surface area contributed by atoms with E-state index in [0.717, 1.165) is 5.56 Å². The summed E-state index contributed by atoms with van der Waals surface area (Å²) in [5, 5.41) is 0. The van der Waals surface area contributed by atoms with Crippen LogP contribution in [0.25, 0.3) is 0 Å². The first-order valence-electron chi connectivity index (χ1n) is 3.84. The molecule has 0 unspecified atom stereocenters. The molecule has 0 saturated heterocycles. The van der Waals surface area contributed by atoms with E-state index in [9.17, 15) is 4.79 Å². The fourth-order valence-corrected chi connectivity index (χ4v) is 0.933. The second kappa shape index (κ2) is 3.91. The minimum absolute atomic E-state index is 0.297. The second-order valence-electron chi connectivity index (χ2n) is 2.71. The molecule has 70 valence electrons. The van der Waals surface area contributed by atoms with Crippen molar-refractivity contribution in [1.82, 2.24) is 5.48 Å². The molecular formula is C9H12N2O2. The lowest BCUT2D eigenvalue weighted by Gasteiger charge is -2.04. The molecule has 1 aromatic carbocycles. The van der Waals surface area contributed by atoms with Crippen LogP contribution in [0.4, 0.5) is 5.69 Å². The van der Waals surface area contributed by atoms with Crippen LogP contribution in [0.3, 0.4) is 0 Å². The number of nitrogen functional groups attached to an aromatic ring is 1. The van der Waals surface area contributed by atoms with Gasteiger partial charge in [0, 0.05) is 11.3 Å². The second-order valence-corrected chi connectivity index (χ2v) is 2.71. The predicted molar refractivity (Wildman–Crippen MR) is 50.1 cm³/mol. The van der Waals surface area contributed by atoms with Gasteiger partial charge in [0.05, 0.1) is 7.11 Å². The molecule has 13 heavy (non-hydrogen) atoms. The van der Waals surface area contributed by atoms with Crippen molar-refractivity contribution in [2.24, 2.45) is 0 Å². The number of hydrogen-bond donors (Lipinski definition) is 2. The average Bonchev–Trinajstić information content (AvgIpc) is 2.10. The van der Waals surface area contributed by atoms with Gasteiger partial charge in [-0.2, -0.15) is 0 Å². The van der Waals surface area contributed by atoms with Gasteiger partial charge in [-0.05, 0) is 24.6 Å². The third-order valence-electron chi connectivity index (χ3n) is 1.74. The lowest BCUT2D eigenvalue weighted by molar-refractivity contribution is 0.0537. The Kier molecular flexibility index (Phi) is 2.87. The Balaban J connectivity index is 2.90. The van der Waals surface area contributed by atoms with E-state index in [1.54, 1.807) is 18.2 Å². The molecule has 4 nitrogen and oxygen atoms in total. The molecule has 0 aromatic heterocycles. The maximum atomic E-state index is 11.2. The van der Waals surface area contributed by atoms with Gasteiger partial charge in [-0.25, -0.2) is 5.48 Å². The number of carbonyl (C=O) groups is 1. The summed E-state index contributed by atoms with van der Waals surface area (Å²) >= 11 is 0.